The summed E-state index contributed by atoms with van der Waals surface area (Å²) >= 11 is 0. The fraction of sp³-hybridized carbons (Fsp3) is 0.800. The van der Waals surface area contributed by atoms with Crippen molar-refractivity contribution in [3.63, 3.8) is 0 Å². The zero-order chi connectivity index (χ0) is 9.73. The van der Waals surface area contributed by atoms with Crippen LogP contribution < -0.4 is 5.32 Å². The molecule has 1 saturated heterocycles. The van der Waals surface area contributed by atoms with Gasteiger partial charge in [-0.05, 0) is 7.05 Å². The molecule has 0 radical (unpaired) electrons. The highest BCUT2D eigenvalue weighted by molar-refractivity contribution is 5.03. The molecule has 76 valence electrons. The van der Waals surface area contributed by atoms with Crippen LogP contribution in [-0.2, 0) is 9.47 Å². The molecular weight excluding hydrogens is 166 g/mol. The minimum atomic E-state index is -0.116. The zero-order valence-corrected chi connectivity index (χ0v) is 8.51. The molecule has 0 saturated carbocycles. The van der Waals surface area contributed by atoms with Gasteiger partial charge < -0.3 is 14.8 Å². The quantitative estimate of drug-likeness (QED) is 0.662. The molecule has 13 heavy (non-hydrogen) atoms. The van der Waals surface area contributed by atoms with Gasteiger partial charge in [0.2, 0.25) is 0 Å². The molecule has 0 spiro atoms. The minimum absolute atomic E-state index is 0.116. The summed E-state index contributed by atoms with van der Waals surface area (Å²) in [6.45, 7) is 5.37. The maximum Gasteiger partial charge on any atom is 0.0910 e. The second kappa shape index (κ2) is 4.74. The monoisotopic (exact) mass is 185 g/mol. The van der Waals surface area contributed by atoms with Crippen LogP contribution in [0.3, 0.4) is 0 Å². The second-order valence-electron chi connectivity index (χ2n) is 3.38. The summed E-state index contributed by atoms with van der Waals surface area (Å²) in [5.74, 6) is 0. The number of nitrogens with one attached hydrogen (secondary N) is 1. The predicted octanol–water partition coefficient (Wildman–Crippen LogP) is 0.956. The molecule has 1 atom stereocenters. The summed E-state index contributed by atoms with van der Waals surface area (Å²) in [6.07, 6.45) is 3.77. The fourth-order valence-corrected chi connectivity index (χ4v) is 1.95. The van der Waals surface area contributed by atoms with E-state index in [-0.39, 0.29) is 11.6 Å². The average Bonchev–Trinajstić information content (AvgIpc) is 2.21. The van der Waals surface area contributed by atoms with Crippen molar-refractivity contribution in [1.29, 1.82) is 0 Å². The van der Waals surface area contributed by atoms with E-state index in [1.807, 2.05) is 13.1 Å². The molecule has 3 nitrogen and oxygen atoms in total. The average molecular weight is 185 g/mol. The van der Waals surface area contributed by atoms with Crippen molar-refractivity contribution in [2.45, 2.75) is 24.5 Å². The number of rotatable bonds is 4. The number of methoxy groups -OCH3 is 1. The first-order valence-electron chi connectivity index (χ1n) is 4.72. The molecule has 0 amide bonds. The van der Waals surface area contributed by atoms with Crippen LogP contribution in [0.4, 0.5) is 0 Å². The molecule has 0 aromatic heterocycles. The van der Waals surface area contributed by atoms with E-state index >= 15 is 0 Å². The van der Waals surface area contributed by atoms with Crippen LogP contribution in [-0.4, -0.2) is 39.0 Å². The highest BCUT2D eigenvalue weighted by Gasteiger charge is 2.38. The van der Waals surface area contributed by atoms with Crippen LogP contribution in [0, 0.1) is 0 Å². The molecule has 1 rings (SSSR count). The van der Waals surface area contributed by atoms with E-state index in [0.717, 1.165) is 26.1 Å². The molecule has 1 heterocycles. The smallest absolute Gasteiger partial charge is 0.0910 e. The highest BCUT2D eigenvalue weighted by Crippen LogP contribution is 2.28. The van der Waals surface area contributed by atoms with Gasteiger partial charge in [-0.25, -0.2) is 0 Å². The van der Waals surface area contributed by atoms with Gasteiger partial charge in [-0.2, -0.15) is 0 Å². The van der Waals surface area contributed by atoms with E-state index in [0.29, 0.717) is 0 Å². The summed E-state index contributed by atoms with van der Waals surface area (Å²) in [5.41, 5.74) is -0.116. The van der Waals surface area contributed by atoms with Crippen molar-refractivity contribution < 1.29 is 9.47 Å². The maximum absolute atomic E-state index is 5.61. The van der Waals surface area contributed by atoms with Gasteiger partial charge in [0.25, 0.3) is 0 Å². The molecule has 0 aliphatic carbocycles. The molecule has 1 N–H and O–H groups in total. The molecule has 1 aliphatic rings. The van der Waals surface area contributed by atoms with Gasteiger partial charge >= 0.3 is 0 Å². The van der Waals surface area contributed by atoms with Gasteiger partial charge in [0.1, 0.15) is 0 Å². The summed E-state index contributed by atoms with van der Waals surface area (Å²) in [7, 11) is 3.70. The van der Waals surface area contributed by atoms with Crippen molar-refractivity contribution in [3.8, 4) is 0 Å². The first-order valence-corrected chi connectivity index (χ1v) is 4.72. The number of likely N-dealkylation sites (N-methyl/N-ethyl adjacent to an activating group) is 1. The summed E-state index contributed by atoms with van der Waals surface area (Å²) in [4.78, 5) is 0. The Kier molecular flexibility index (Phi) is 3.90. The summed E-state index contributed by atoms with van der Waals surface area (Å²) in [5, 5.41) is 3.21. The largest absolute Gasteiger partial charge is 0.381 e. The lowest BCUT2D eigenvalue weighted by atomic mass is 9.86. The Bertz CT molecular complexity index is 164. The van der Waals surface area contributed by atoms with E-state index in [1.54, 1.807) is 7.11 Å². The van der Waals surface area contributed by atoms with E-state index in [2.05, 4.69) is 11.9 Å². The molecule has 1 unspecified atom stereocenters. The third-order valence-corrected chi connectivity index (χ3v) is 2.86. The van der Waals surface area contributed by atoms with Gasteiger partial charge in [-0.15, -0.1) is 6.58 Å². The lowest BCUT2D eigenvalue weighted by Gasteiger charge is -2.40. The van der Waals surface area contributed by atoms with Crippen LogP contribution in [0.15, 0.2) is 12.7 Å². The lowest BCUT2D eigenvalue weighted by Crippen LogP contribution is -2.53. The number of ether oxygens (including phenoxy) is 2. The Balaban J connectivity index is 2.70. The Morgan fingerprint density at radius 3 is 2.54 bits per heavy atom. The molecule has 0 aromatic rings. The molecular formula is C10H19NO2. The number of hydrogen-bond acceptors (Lipinski definition) is 3. The van der Waals surface area contributed by atoms with Gasteiger partial charge in [-0.3, -0.25) is 0 Å². The van der Waals surface area contributed by atoms with Crippen molar-refractivity contribution in [3.05, 3.63) is 12.7 Å². The molecule has 0 bridgehead atoms. The van der Waals surface area contributed by atoms with Crippen LogP contribution in [0.1, 0.15) is 12.8 Å². The molecule has 0 aromatic carbocycles. The van der Waals surface area contributed by atoms with E-state index in [1.165, 1.54) is 0 Å². The van der Waals surface area contributed by atoms with Crippen LogP contribution in [0.25, 0.3) is 0 Å². The zero-order valence-electron chi connectivity index (χ0n) is 8.51. The van der Waals surface area contributed by atoms with Crippen molar-refractivity contribution >= 4 is 0 Å². The Morgan fingerprint density at radius 2 is 2.15 bits per heavy atom. The number of hydrogen-bond donors (Lipinski definition) is 1. The van der Waals surface area contributed by atoms with Crippen molar-refractivity contribution in [2.24, 2.45) is 0 Å². The standard InChI is InChI=1S/C10H19NO2/c1-4-9(11-2)10(12-3)5-7-13-8-6-10/h4,9,11H,1,5-8H2,2-3H3. The van der Waals surface area contributed by atoms with E-state index in [9.17, 15) is 0 Å². The minimum Gasteiger partial charge on any atom is -0.381 e. The normalized spacial score (nSPS) is 23.8. The SMILES string of the molecule is C=CC(NC)C1(OC)CCOCC1. The summed E-state index contributed by atoms with van der Waals surface area (Å²) < 4.78 is 10.9. The molecule has 3 heteroatoms. The van der Waals surface area contributed by atoms with E-state index < -0.39 is 0 Å². The summed E-state index contributed by atoms with van der Waals surface area (Å²) in [6, 6.07) is 0.210. The predicted molar refractivity (Wildman–Crippen MR) is 52.8 cm³/mol. The Labute approximate surface area is 80.1 Å². The maximum atomic E-state index is 5.61. The first kappa shape index (κ1) is 10.7. The highest BCUT2D eigenvalue weighted by atomic mass is 16.5. The van der Waals surface area contributed by atoms with Crippen molar-refractivity contribution in [1.82, 2.24) is 5.32 Å². The van der Waals surface area contributed by atoms with Gasteiger partial charge in [0.05, 0.1) is 11.6 Å². The third kappa shape index (κ3) is 2.10. The van der Waals surface area contributed by atoms with Crippen LogP contribution in [0.5, 0.6) is 0 Å². The lowest BCUT2D eigenvalue weighted by molar-refractivity contribution is -0.100. The fourth-order valence-electron chi connectivity index (χ4n) is 1.95. The third-order valence-electron chi connectivity index (χ3n) is 2.86. The van der Waals surface area contributed by atoms with Gasteiger partial charge in [-0.1, -0.05) is 6.08 Å². The topological polar surface area (TPSA) is 30.5 Å². The van der Waals surface area contributed by atoms with E-state index in [4.69, 9.17) is 9.47 Å². The Hall–Kier alpha value is -0.380. The second-order valence-corrected chi connectivity index (χ2v) is 3.38. The van der Waals surface area contributed by atoms with Crippen molar-refractivity contribution in [2.75, 3.05) is 27.4 Å². The van der Waals surface area contributed by atoms with Crippen LogP contribution >= 0.6 is 0 Å². The van der Waals surface area contributed by atoms with Gasteiger partial charge in [0, 0.05) is 33.2 Å². The molecule has 1 fully saturated rings. The Morgan fingerprint density at radius 1 is 1.54 bits per heavy atom. The molecule has 1 aliphatic heterocycles. The van der Waals surface area contributed by atoms with Crippen LogP contribution in [0.2, 0.25) is 0 Å². The van der Waals surface area contributed by atoms with Gasteiger partial charge in [0.15, 0.2) is 0 Å². The first-order chi connectivity index (χ1) is 6.29.